The van der Waals surface area contributed by atoms with Gasteiger partial charge in [-0.3, -0.25) is 4.79 Å². The van der Waals surface area contributed by atoms with Crippen molar-refractivity contribution >= 4 is 12.1 Å². The molecule has 3 nitrogen and oxygen atoms in total. The van der Waals surface area contributed by atoms with Gasteiger partial charge in [-0.05, 0) is 49.9 Å². The first kappa shape index (κ1) is 9.37. The fourth-order valence-electron chi connectivity index (χ4n) is 3.11. The Hall–Kier alpha value is -0.860. The van der Waals surface area contributed by atoms with Crippen molar-refractivity contribution in [1.29, 1.82) is 0 Å². The van der Waals surface area contributed by atoms with Crippen molar-refractivity contribution in [3.8, 4) is 0 Å². The van der Waals surface area contributed by atoms with E-state index in [1.54, 1.807) is 0 Å². The van der Waals surface area contributed by atoms with Crippen LogP contribution in [0.15, 0.2) is 5.10 Å². The van der Waals surface area contributed by atoms with Crippen LogP contribution in [-0.2, 0) is 4.79 Å². The van der Waals surface area contributed by atoms with Crippen molar-refractivity contribution in [2.75, 3.05) is 0 Å². The molecule has 1 amide bonds. The van der Waals surface area contributed by atoms with Gasteiger partial charge in [-0.15, -0.1) is 0 Å². The number of fused-ring (bicyclic) bond motifs is 2. The second kappa shape index (κ2) is 3.62. The number of nitrogens with one attached hydrogen (secondary N) is 1. The van der Waals surface area contributed by atoms with E-state index in [0.29, 0.717) is 5.92 Å². The Labute approximate surface area is 90.3 Å². The lowest BCUT2D eigenvalue weighted by Gasteiger charge is -2.16. The molecule has 82 valence electrons. The summed E-state index contributed by atoms with van der Waals surface area (Å²) in [5, 5.41) is 4.11. The minimum atomic E-state index is 0.120. The summed E-state index contributed by atoms with van der Waals surface area (Å²) in [4.78, 5) is 11.3. The standard InChI is InChI=1S/C12H18N2O/c15-12(9-3-4-9)14-13-7-11-6-8-1-2-10(11)5-8/h7-11H,1-6H2,(H,14,15)/b13-7-/t8-,10-,11+/m0/s1. The molecule has 0 aromatic heterocycles. The second-order valence-corrected chi connectivity index (χ2v) is 5.37. The predicted octanol–water partition coefficient (Wildman–Crippen LogP) is 1.93. The third-order valence-corrected chi connectivity index (χ3v) is 4.18. The smallest absolute Gasteiger partial charge is 0.243 e. The van der Waals surface area contributed by atoms with Crippen LogP contribution in [0.2, 0.25) is 0 Å². The van der Waals surface area contributed by atoms with Gasteiger partial charge in [-0.2, -0.15) is 5.10 Å². The van der Waals surface area contributed by atoms with Crippen LogP contribution in [-0.4, -0.2) is 12.1 Å². The molecule has 1 N–H and O–H groups in total. The van der Waals surface area contributed by atoms with Crippen molar-refractivity contribution in [2.45, 2.75) is 38.5 Å². The summed E-state index contributed by atoms with van der Waals surface area (Å²) >= 11 is 0. The molecule has 3 fully saturated rings. The van der Waals surface area contributed by atoms with Crippen molar-refractivity contribution in [3.63, 3.8) is 0 Å². The minimum absolute atomic E-state index is 0.120. The monoisotopic (exact) mass is 206 g/mol. The topological polar surface area (TPSA) is 41.5 Å². The maximum absolute atomic E-state index is 11.3. The van der Waals surface area contributed by atoms with Gasteiger partial charge in [0, 0.05) is 12.1 Å². The molecule has 0 aliphatic heterocycles. The Balaban J connectivity index is 1.48. The van der Waals surface area contributed by atoms with E-state index in [1.165, 1.54) is 25.7 Å². The van der Waals surface area contributed by atoms with Gasteiger partial charge < -0.3 is 0 Å². The van der Waals surface area contributed by atoms with Crippen LogP contribution in [0.1, 0.15) is 38.5 Å². The number of carbonyl (C=O) groups is 1. The van der Waals surface area contributed by atoms with Crippen LogP contribution in [0.4, 0.5) is 0 Å². The molecule has 0 radical (unpaired) electrons. The molecule has 3 aliphatic carbocycles. The van der Waals surface area contributed by atoms with E-state index in [2.05, 4.69) is 10.5 Å². The lowest BCUT2D eigenvalue weighted by molar-refractivity contribution is -0.122. The number of hydrogen-bond acceptors (Lipinski definition) is 2. The molecular weight excluding hydrogens is 188 g/mol. The highest BCUT2D eigenvalue weighted by molar-refractivity contribution is 5.81. The van der Waals surface area contributed by atoms with Gasteiger partial charge in [-0.1, -0.05) is 6.42 Å². The van der Waals surface area contributed by atoms with Gasteiger partial charge in [0.1, 0.15) is 0 Å². The molecule has 3 saturated carbocycles. The highest BCUT2D eigenvalue weighted by Gasteiger charge is 2.38. The fraction of sp³-hybridized carbons (Fsp3) is 0.833. The van der Waals surface area contributed by atoms with Gasteiger partial charge >= 0.3 is 0 Å². The highest BCUT2D eigenvalue weighted by atomic mass is 16.2. The lowest BCUT2D eigenvalue weighted by Crippen LogP contribution is -2.21. The van der Waals surface area contributed by atoms with E-state index in [9.17, 15) is 4.79 Å². The van der Waals surface area contributed by atoms with Crippen LogP contribution in [0, 0.1) is 23.7 Å². The SMILES string of the molecule is O=C(N/N=C\[C@H]1C[C@H]2CC[C@H]1C2)C1CC1. The lowest BCUT2D eigenvalue weighted by atomic mass is 9.90. The van der Waals surface area contributed by atoms with Gasteiger partial charge in [0.25, 0.3) is 0 Å². The summed E-state index contributed by atoms with van der Waals surface area (Å²) in [5.74, 6) is 2.84. The first-order valence-corrected chi connectivity index (χ1v) is 6.16. The number of hydrazone groups is 1. The largest absolute Gasteiger partial charge is 0.273 e. The molecule has 2 bridgehead atoms. The summed E-state index contributed by atoms with van der Waals surface area (Å²) in [5.41, 5.74) is 2.66. The molecule has 3 heteroatoms. The van der Waals surface area contributed by atoms with Crippen molar-refractivity contribution < 1.29 is 4.79 Å². The Morgan fingerprint density at radius 2 is 2.07 bits per heavy atom. The summed E-state index contributed by atoms with van der Waals surface area (Å²) in [6.45, 7) is 0. The van der Waals surface area contributed by atoms with E-state index >= 15 is 0 Å². The fourth-order valence-corrected chi connectivity index (χ4v) is 3.11. The number of nitrogens with zero attached hydrogens (tertiary/aromatic N) is 1. The van der Waals surface area contributed by atoms with Crippen LogP contribution < -0.4 is 5.43 Å². The molecule has 0 saturated heterocycles. The van der Waals surface area contributed by atoms with E-state index < -0.39 is 0 Å². The van der Waals surface area contributed by atoms with Crippen LogP contribution in [0.5, 0.6) is 0 Å². The van der Waals surface area contributed by atoms with E-state index in [0.717, 1.165) is 24.7 Å². The summed E-state index contributed by atoms with van der Waals surface area (Å²) in [6.07, 6.45) is 9.58. The molecule has 3 rings (SSSR count). The molecule has 3 atom stereocenters. The third kappa shape index (κ3) is 1.92. The van der Waals surface area contributed by atoms with E-state index in [-0.39, 0.29) is 11.8 Å². The van der Waals surface area contributed by atoms with Gasteiger partial charge in [0.05, 0.1) is 0 Å². The van der Waals surface area contributed by atoms with Gasteiger partial charge in [-0.25, -0.2) is 5.43 Å². The molecule has 0 heterocycles. The number of amides is 1. The van der Waals surface area contributed by atoms with Gasteiger partial charge in [0.2, 0.25) is 5.91 Å². The molecular formula is C12H18N2O. The van der Waals surface area contributed by atoms with Crippen LogP contribution in [0.25, 0.3) is 0 Å². The van der Waals surface area contributed by atoms with Crippen LogP contribution in [0.3, 0.4) is 0 Å². The van der Waals surface area contributed by atoms with Crippen molar-refractivity contribution in [2.24, 2.45) is 28.8 Å². The average molecular weight is 206 g/mol. The molecule has 0 aromatic carbocycles. The molecule has 15 heavy (non-hydrogen) atoms. The first-order valence-electron chi connectivity index (χ1n) is 6.16. The maximum atomic E-state index is 11.3. The summed E-state index contributed by atoms with van der Waals surface area (Å²) in [6, 6.07) is 0. The second-order valence-electron chi connectivity index (χ2n) is 5.37. The average Bonchev–Trinajstić information content (AvgIpc) is 2.90. The zero-order valence-electron chi connectivity index (χ0n) is 8.98. The third-order valence-electron chi connectivity index (χ3n) is 4.18. The zero-order valence-corrected chi connectivity index (χ0v) is 8.98. The molecule has 0 aromatic rings. The van der Waals surface area contributed by atoms with Crippen LogP contribution >= 0.6 is 0 Å². The summed E-state index contributed by atoms with van der Waals surface area (Å²) in [7, 11) is 0. The highest BCUT2D eigenvalue weighted by Crippen LogP contribution is 2.47. The van der Waals surface area contributed by atoms with Crippen molar-refractivity contribution in [3.05, 3.63) is 0 Å². The quantitative estimate of drug-likeness (QED) is 0.556. The Morgan fingerprint density at radius 1 is 1.20 bits per heavy atom. The maximum Gasteiger partial charge on any atom is 0.243 e. The Bertz CT molecular complexity index is 296. The molecule has 0 unspecified atom stereocenters. The predicted molar refractivity (Wildman–Crippen MR) is 58.3 cm³/mol. The molecule has 3 aliphatic rings. The Morgan fingerprint density at radius 3 is 2.67 bits per heavy atom. The zero-order chi connectivity index (χ0) is 10.3. The minimum Gasteiger partial charge on any atom is -0.273 e. The number of carbonyl (C=O) groups excluding carboxylic acids is 1. The van der Waals surface area contributed by atoms with E-state index in [4.69, 9.17) is 0 Å². The van der Waals surface area contributed by atoms with Crippen molar-refractivity contribution in [1.82, 2.24) is 5.43 Å². The number of hydrogen-bond donors (Lipinski definition) is 1. The summed E-state index contributed by atoms with van der Waals surface area (Å²) < 4.78 is 0. The molecule has 0 spiro atoms. The normalized spacial score (nSPS) is 38.8. The van der Waals surface area contributed by atoms with Gasteiger partial charge in [0.15, 0.2) is 0 Å². The Kier molecular flexibility index (Phi) is 2.26. The first-order chi connectivity index (χ1) is 7.33. The number of rotatable bonds is 3. The van der Waals surface area contributed by atoms with E-state index in [1.807, 2.05) is 6.21 Å².